The minimum Gasteiger partial charge on any atom is -0.465 e. The Morgan fingerprint density at radius 2 is 0.941 bits per heavy atom. The van der Waals surface area contributed by atoms with Crippen LogP contribution in [-0.4, -0.2) is 75.7 Å². The number of hydrogen-bond acceptors (Lipinski definition) is 10. The van der Waals surface area contributed by atoms with E-state index in [1.165, 1.54) is 12.2 Å². The van der Waals surface area contributed by atoms with E-state index in [-0.39, 0.29) is 47.9 Å². The molecule has 0 bridgehead atoms. The highest BCUT2D eigenvalue weighted by Gasteiger charge is 2.33. The van der Waals surface area contributed by atoms with Gasteiger partial charge in [-0.3, -0.25) is 9.59 Å². The second-order valence-electron chi connectivity index (χ2n) is 15.0. The molecule has 0 aromatic rings. The predicted octanol–water partition coefficient (Wildman–Crippen LogP) is 7.86. The van der Waals surface area contributed by atoms with Gasteiger partial charge < -0.3 is 28.4 Å². The number of carbonyl (C=O) groups excluding carboxylic acids is 4. The molecule has 0 heterocycles. The lowest BCUT2D eigenvalue weighted by Gasteiger charge is -2.36. The Hall–Kier alpha value is -2.72. The monoisotopic (exact) mass is 718 g/mol. The van der Waals surface area contributed by atoms with E-state index >= 15 is 0 Å². The van der Waals surface area contributed by atoms with Crippen LogP contribution >= 0.6 is 0 Å². The Kier molecular flexibility index (Phi) is 21.2. The van der Waals surface area contributed by atoms with E-state index in [1.807, 2.05) is 0 Å². The van der Waals surface area contributed by atoms with Gasteiger partial charge in [-0.15, -0.1) is 0 Å². The predicted molar refractivity (Wildman–Crippen MR) is 195 cm³/mol. The lowest BCUT2D eigenvalue weighted by molar-refractivity contribution is -0.151. The van der Waals surface area contributed by atoms with E-state index in [9.17, 15) is 19.2 Å². The molecule has 0 aromatic heterocycles. The number of carbonyl (C=O) groups is 4. The molecule has 51 heavy (non-hydrogen) atoms. The van der Waals surface area contributed by atoms with E-state index in [1.54, 1.807) is 0 Å². The summed E-state index contributed by atoms with van der Waals surface area (Å²) in [7, 11) is 0. The molecule has 0 aliphatic heterocycles. The fraction of sp³-hybridized carbons (Fsp3) is 0.805. The SMILES string of the molecule is C=CC(=O)OCCCCCCOC(=O)C1CCC(COC2CCC(OCC3CCC(C(=O)OCCCCCCOC(=O)C=C)CC3)C(C)C2)CC1. The van der Waals surface area contributed by atoms with Crippen molar-refractivity contribution in [3.05, 3.63) is 25.3 Å². The molecule has 0 radical (unpaired) electrons. The van der Waals surface area contributed by atoms with Crippen LogP contribution in [-0.2, 0) is 47.6 Å². The Balaban J connectivity index is 1.15. The summed E-state index contributed by atoms with van der Waals surface area (Å²) in [5.74, 6) is 0.590. The number of ether oxygens (including phenoxy) is 6. The molecule has 0 amide bonds. The van der Waals surface area contributed by atoms with E-state index in [4.69, 9.17) is 28.4 Å². The zero-order chi connectivity index (χ0) is 36.7. The molecule has 10 heteroatoms. The summed E-state index contributed by atoms with van der Waals surface area (Å²) in [6.07, 6.45) is 20.5. The minimum absolute atomic E-state index is 0.00486. The number of unbranched alkanes of at least 4 members (excludes halogenated alkanes) is 6. The van der Waals surface area contributed by atoms with E-state index in [0.29, 0.717) is 44.2 Å². The molecule has 290 valence electrons. The van der Waals surface area contributed by atoms with Gasteiger partial charge in [0.05, 0.1) is 50.5 Å². The molecule has 10 nitrogen and oxygen atoms in total. The van der Waals surface area contributed by atoms with Gasteiger partial charge in [0, 0.05) is 25.4 Å². The third kappa shape index (κ3) is 17.6. The van der Waals surface area contributed by atoms with Gasteiger partial charge in [-0.25, -0.2) is 9.59 Å². The third-order valence-corrected chi connectivity index (χ3v) is 10.9. The zero-order valence-electron chi connectivity index (χ0n) is 31.4. The van der Waals surface area contributed by atoms with Crippen LogP contribution in [0.2, 0.25) is 0 Å². The maximum absolute atomic E-state index is 12.6. The molecular formula is C41H66O10. The van der Waals surface area contributed by atoms with Crippen LogP contribution in [0.25, 0.3) is 0 Å². The molecule has 3 aliphatic carbocycles. The highest BCUT2D eigenvalue weighted by atomic mass is 16.5. The highest BCUT2D eigenvalue weighted by Crippen LogP contribution is 2.35. The minimum atomic E-state index is -0.387. The fourth-order valence-corrected chi connectivity index (χ4v) is 7.54. The summed E-state index contributed by atoms with van der Waals surface area (Å²) in [4.78, 5) is 47.2. The first-order valence-electron chi connectivity index (χ1n) is 19.9. The van der Waals surface area contributed by atoms with Crippen molar-refractivity contribution >= 4 is 23.9 Å². The number of hydrogen-bond donors (Lipinski definition) is 0. The van der Waals surface area contributed by atoms with Crippen molar-refractivity contribution in [3.8, 4) is 0 Å². The molecular weight excluding hydrogens is 652 g/mol. The molecule has 0 spiro atoms. The van der Waals surface area contributed by atoms with Gasteiger partial charge in [0.2, 0.25) is 0 Å². The first kappa shape index (κ1) is 42.7. The zero-order valence-corrected chi connectivity index (χ0v) is 31.4. The summed E-state index contributed by atoms with van der Waals surface area (Å²) in [5.41, 5.74) is 0. The Morgan fingerprint density at radius 3 is 1.35 bits per heavy atom. The van der Waals surface area contributed by atoms with Crippen molar-refractivity contribution in [1.29, 1.82) is 0 Å². The van der Waals surface area contributed by atoms with Crippen molar-refractivity contribution in [3.63, 3.8) is 0 Å². The van der Waals surface area contributed by atoms with Gasteiger partial charge in [0.25, 0.3) is 0 Å². The molecule has 0 aromatic carbocycles. The Morgan fingerprint density at radius 1 is 0.529 bits per heavy atom. The van der Waals surface area contributed by atoms with Crippen molar-refractivity contribution in [2.45, 2.75) is 141 Å². The maximum Gasteiger partial charge on any atom is 0.330 e. The number of esters is 4. The van der Waals surface area contributed by atoms with Gasteiger partial charge in [-0.2, -0.15) is 0 Å². The largest absolute Gasteiger partial charge is 0.465 e. The second kappa shape index (κ2) is 25.3. The molecule has 0 N–H and O–H groups in total. The quantitative estimate of drug-likeness (QED) is 0.0422. The first-order valence-corrected chi connectivity index (χ1v) is 19.9. The fourth-order valence-electron chi connectivity index (χ4n) is 7.54. The normalized spacial score (nSPS) is 26.4. The molecule has 3 atom stereocenters. The molecule has 0 saturated heterocycles. The maximum atomic E-state index is 12.6. The van der Waals surface area contributed by atoms with E-state index in [2.05, 4.69) is 20.1 Å². The Bertz CT molecular complexity index is 1040. The lowest BCUT2D eigenvalue weighted by Crippen LogP contribution is -2.36. The van der Waals surface area contributed by atoms with E-state index < -0.39 is 0 Å². The van der Waals surface area contributed by atoms with Crippen LogP contribution in [0.1, 0.15) is 129 Å². The van der Waals surface area contributed by atoms with Crippen LogP contribution in [0.4, 0.5) is 0 Å². The molecule has 3 aliphatic rings. The van der Waals surface area contributed by atoms with Gasteiger partial charge in [-0.1, -0.05) is 20.1 Å². The summed E-state index contributed by atoms with van der Waals surface area (Å²) < 4.78 is 33.9. The van der Waals surface area contributed by atoms with Crippen molar-refractivity contribution < 1.29 is 47.6 Å². The van der Waals surface area contributed by atoms with Crippen molar-refractivity contribution in [2.75, 3.05) is 39.6 Å². The van der Waals surface area contributed by atoms with Crippen LogP contribution in [0.3, 0.4) is 0 Å². The lowest BCUT2D eigenvalue weighted by atomic mass is 9.81. The standard InChI is InChI=1S/C41H66O10/c1-4-38(42)46-24-10-6-8-12-26-48-40(44)34-18-14-32(15-19-34)29-50-36-22-23-37(31(3)28-36)51-30-33-16-20-35(21-17-33)41(45)49-27-13-9-7-11-25-47-39(43)5-2/h4-5,31-37H,1-2,6-30H2,3H3. The second-order valence-corrected chi connectivity index (χ2v) is 15.0. The van der Waals surface area contributed by atoms with Crippen LogP contribution in [0, 0.1) is 29.6 Å². The van der Waals surface area contributed by atoms with Gasteiger partial charge in [-0.05, 0) is 140 Å². The van der Waals surface area contributed by atoms with Crippen LogP contribution in [0.5, 0.6) is 0 Å². The average molecular weight is 719 g/mol. The summed E-state index contributed by atoms with van der Waals surface area (Å²) in [6, 6.07) is 0. The third-order valence-electron chi connectivity index (χ3n) is 10.9. The average Bonchev–Trinajstić information content (AvgIpc) is 3.15. The smallest absolute Gasteiger partial charge is 0.330 e. The van der Waals surface area contributed by atoms with Gasteiger partial charge in [0.1, 0.15) is 0 Å². The Labute approximate surface area is 306 Å². The molecule has 3 unspecified atom stereocenters. The topological polar surface area (TPSA) is 124 Å². The van der Waals surface area contributed by atoms with Crippen molar-refractivity contribution in [2.24, 2.45) is 29.6 Å². The summed E-state index contributed by atoms with van der Waals surface area (Å²) in [5, 5.41) is 0. The first-order chi connectivity index (χ1) is 24.8. The molecule has 3 saturated carbocycles. The van der Waals surface area contributed by atoms with Gasteiger partial charge >= 0.3 is 23.9 Å². The van der Waals surface area contributed by atoms with E-state index in [0.717, 1.165) is 135 Å². The summed E-state index contributed by atoms with van der Waals surface area (Å²) in [6.45, 7) is 12.3. The van der Waals surface area contributed by atoms with Crippen LogP contribution in [0.15, 0.2) is 25.3 Å². The van der Waals surface area contributed by atoms with Gasteiger partial charge in [0.15, 0.2) is 0 Å². The number of rotatable bonds is 24. The van der Waals surface area contributed by atoms with Crippen LogP contribution < -0.4 is 0 Å². The van der Waals surface area contributed by atoms with Crippen molar-refractivity contribution in [1.82, 2.24) is 0 Å². The summed E-state index contributed by atoms with van der Waals surface area (Å²) >= 11 is 0. The molecule has 3 fully saturated rings. The molecule has 3 rings (SSSR count). The highest BCUT2D eigenvalue weighted by molar-refractivity contribution is 5.81.